The molecule has 1 aliphatic heterocycles. The third-order valence-electron chi connectivity index (χ3n) is 5.51. The Kier molecular flexibility index (Phi) is 5.14. The fourth-order valence-corrected chi connectivity index (χ4v) is 3.99. The Morgan fingerprint density at radius 2 is 1.97 bits per heavy atom. The number of hydrogen-bond donors (Lipinski definition) is 3. The molecule has 1 aliphatic rings. The Bertz CT molecular complexity index is 1080. The average molecular weight is 393 g/mol. The van der Waals surface area contributed by atoms with Crippen molar-refractivity contribution < 1.29 is 8.78 Å². The zero-order valence-electron chi connectivity index (χ0n) is 16.5. The summed E-state index contributed by atoms with van der Waals surface area (Å²) in [5.74, 6) is -0.573. The predicted octanol–water partition coefficient (Wildman–Crippen LogP) is 5.33. The molecule has 5 heteroatoms. The van der Waals surface area contributed by atoms with Gasteiger partial charge in [0.15, 0.2) is 0 Å². The van der Waals surface area contributed by atoms with E-state index in [-0.39, 0.29) is 17.7 Å². The lowest BCUT2D eigenvalue weighted by Gasteiger charge is -2.17. The third kappa shape index (κ3) is 3.90. The lowest BCUT2D eigenvalue weighted by Crippen LogP contribution is -2.28. The standard InChI is InChI=1S/C24H25F2N3/c1-14-12-20-19(9-4-15(2)28-22-10-11-27-16(22)3)23(29-24(20)21(26)13-14)17-5-7-18(25)8-6-17/h5-8,12-13,22,27-29H,2-4,9-11H2,1H3. The highest BCUT2D eigenvalue weighted by Crippen LogP contribution is 2.34. The number of rotatable bonds is 6. The number of fused-ring (bicyclic) bond motifs is 1. The lowest BCUT2D eigenvalue weighted by molar-refractivity contribution is 0.628. The summed E-state index contributed by atoms with van der Waals surface area (Å²) in [7, 11) is 0. The molecule has 1 aromatic heterocycles. The van der Waals surface area contributed by atoms with E-state index in [1.54, 1.807) is 12.1 Å². The van der Waals surface area contributed by atoms with Gasteiger partial charge in [0.05, 0.1) is 11.6 Å². The molecule has 29 heavy (non-hydrogen) atoms. The van der Waals surface area contributed by atoms with Crippen LogP contribution in [0.3, 0.4) is 0 Å². The second-order valence-electron chi connectivity index (χ2n) is 7.70. The molecule has 2 heterocycles. The number of benzene rings is 2. The first-order chi connectivity index (χ1) is 13.9. The predicted molar refractivity (Wildman–Crippen MR) is 115 cm³/mol. The fraction of sp³-hybridized carbons (Fsp3) is 0.250. The SMILES string of the molecule is C=C(CCc1c(-c2ccc(F)cc2)[nH]c2c(F)cc(C)cc12)NC1CCNC1=C. The van der Waals surface area contributed by atoms with Crippen LogP contribution in [0.15, 0.2) is 61.0 Å². The van der Waals surface area contributed by atoms with Gasteiger partial charge in [-0.2, -0.15) is 0 Å². The van der Waals surface area contributed by atoms with Crippen LogP contribution in [-0.2, 0) is 6.42 Å². The van der Waals surface area contributed by atoms with E-state index in [9.17, 15) is 8.78 Å². The molecule has 0 amide bonds. The van der Waals surface area contributed by atoms with Crippen LogP contribution in [0.4, 0.5) is 8.78 Å². The molecule has 1 saturated heterocycles. The van der Waals surface area contributed by atoms with E-state index in [4.69, 9.17) is 0 Å². The molecular formula is C24H25F2N3. The number of aryl methyl sites for hydroxylation is 2. The van der Waals surface area contributed by atoms with Crippen LogP contribution < -0.4 is 10.6 Å². The molecule has 0 radical (unpaired) electrons. The Balaban J connectivity index is 1.65. The van der Waals surface area contributed by atoms with Gasteiger partial charge in [-0.25, -0.2) is 8.78 Å². The van der Waals surface area contributed by atoms with Crippen molar-refractivity contribution in [2.45, 2.75) is 32.2 Å². The second-order valence-corrected chi connectivity index (χ2v) is 7.70. The number of aromatic nitrogens is 1. The van der Waals surface area contributed by atoms with E-state index in [2.05, 4.69) is 28.8 Å². The lowest BCUT2D eigenvalue weighted by atomic mass is 9.99. The summed E-state index contributed by atoms with van der Waals surface area (Å²) in [5, 5.41) is 7.54. The van der Waals surface area contributed by atoms with Crippen molar-refractivity contribution in [3.63, 3.8) is 0 Å². The van der Waals surface area contributed by atoms with E-state index in [1.807, 2.05) is 13.0 Å². The van der Waals surface area contributed by atoms with Crippen LogP contribution in [0.1, 0.15) is 24.0 Å². The number of halogens is 2. The number of nitrogens with one attached hydrogen (secondary N) is 3. The summed E-state index contributed by atoms with van der Waals surface area (Å²) in [5.41, 5.74) is 5.93. The Labute approximate surface area is 169 Å². The normalized spacial score (nSPS) is 16.2. The van der Waals surface area contributed by atoms with E-state index >= 15 is 0 Å². The first-order valence-corrected chi connectivity index (χ1v) is 9.86. The number of aromatic amines is 1. The van der Waals surface area contributed by atoms with Crippen LogP contribution in [-0.4, -0.2) is 17.6 Å². The van der Waals surface area contributed by atoms with Crippen LogP contribution in [0.25, 0.3) is 22.2 Å². The molecule has 3 N–H and O–H groups in total. The summed E-state index contributed by atoms with van der Waals surface area (Å²) in [4.78, 5) is 3.23. The summed E-state index contributed by atoms with van der Waals surface area (Å²) >= 11 is 0. The van der Waals surface area contributed by atoms with Crippen molar-refractivity contribution in [1.82, 2.24) is 15.6 Å². The third-order valence-corrected chi connectivity index (χ3v) is 5.51. The van der Waals surface area contributed by atoms with Gasteiger partial charge in [0.2, 0.25) is 0 Å². The summed E-state index contributed by atoms with van der Waals surface area (Å²) in [6, 6.07) is 10.00. The highest BCUT2D eigenvalue weighted by molar-refractivity contribution is 5.91. The molecule has 150 valence electrons. The molecule has 0 spiro atoms. The minimum atomic E-state index is -0.295. The van der Waals surface area contributed by atoms with Crippen LogP contribution >= 0.6 is 0 Å². The summed E-state index contributed by atoms with van der Waals surface area (Å²) in [6.07, 6.45) is 2.38. The van der Waals surface area contributed by atoms with Gasteiger partial charge in [-0.3, -0.25) is 0 Å². The number of allylic oxidation sites excluding steroid dienone is 1. The quantitative estimate of drug-likeness (QED) is 0.529. The molecule has 0 aliphatic carbocycles. The van der Waals surface area contributed by atoms with Gasteiger partial charge in [0.1, 0.15) is 11.6 Å². The molecule has 2 aromatic carbocycles. The maximum atomic E-state index is 14.6. The first kappa shape index (κ1) is 19.2. The molecule has 1 unspecified atom stereocenters. The van der Waals surface area contributed by atoms with Gasteiger partial charge in [-0.1, -0.05) is 13.2 Å². The van der Waals surface area contributed by atoms with Gasteiger partial charge in [-0.05, 0) is 79.3 Å². The molecule has 3 aromatic rings. The van der Waals surface area contributed by atoms with Gasteiger partial charge < -0.3 is 15.6 Å². The minimum Gasteiger partial charge on any atom is -0.387 e. The largest absolute Gasteiger partial charge is 0.387 e. The summed E-state index contributed by atoms with van der Waals surface area (Å²) < 4.78 is 28.0. The zero-order valence-corrected chi connectivity index (χ0v) is 16.5. The van der Waals surface area contributed by atoms with Crippen molar-refractivity contribution >= 4 is 10.9 Å². The molecule has 1 atom stereocenters. The number of hydrogen-bond acceptors (Lipinski definition) is 2. The smallest absolute Gasteiger partial charge is 0.147 e. The monoisotopic (exact) mass is 393 g/mol. The molecule has 0 saturated carbocycles. The van der Waals surface area contributed by atoms with Gasteiger partial charge in [-0.15, -0.1) is 0 Å². The Morgan fingerprint density at radius 1 is 1.21 bits per heavy atom. The first-order valence-electron chi connectivity index (χ1n) is 9.86. The van der Waals surface area contributed by atoms with E-state index in [1.165, 1.54) is 18.2 Å². The molecule has 1 fully saturated rings. The van der Waals surface area contributed by atoms with Gasteiger partial charge in [0.25, 0.3) is 0 Å². The van der Waals surface area contributed by atoms with Gasteiger partial charge >= 0.3 is 0 Å². The zero-order chi connectivity index (χ0) is 20.5. The molecule has 4 rings (SSSR count). The number of H-pyrrole nitrogens is 1. The highest BCUT2D eigenvalue weighted by Gasteiger charge is 2.20. The Hall–Kier alpha value is -3.08. The topological polar surface area (TPSA) is 39.9 Å². The molecule has 3 nitrogen and oxygen atoms in total. The van der Waals surface area contributed by atoms with Crippen molar-refractivity contribution in [2.24, 2.45) is 0 Å². The van der Waals surface area contributed by atoms with Gasteiger partial charge in [0, 0.05) is 29.0 Å². The maximum Gasteiger partial charge on any atom is 0.147 e. The molecular weight excluding hydrogens is 368 g/mol. The second kappa shape index (κ2) is 7.74. The molecule has 0 bridgehead atoms. The minimum absolute atomic E-state index is 0.196. The fourth-order valence-electron chi connectivity index (χ4n) is 3.99. The van der Waals surface area contributed by atoms with E-state index < -0.39 is 0 Å². The van der Waals surface area contributed by atoms with Crippen molar-refractivity contribution in [3.8, 4) is 11.3 Å². The van der Waals surface area contributed by atoms with E-state index in [0.29, 0.717) is 18.4 Å². The highest BCUT2D eigenvalue weighted by atomic mass is 19.1. The average Bonchev–Trinajstić information content (AvgIpc) is 3.24. The van der Waals surface area contributed by atoms with Crippen LogP contribution in [0.5, 0.6) is 0 Å². The van der Waals surface area contributed by atoms with Crippen LogP contribution in [0.2, 0.25) is 0 Å². The summed E-state index contributed by atoms with van der Waals surface area (Å²) in [6.45, 7) is 11.0. The maximum absolute atomic E-state index is 14.6. The van der Waals surface area contributed by atoms with Crippen molar-refractivity contribution in [2.75, 3.05) is 6.54 Å². The van der Waals surface area contributed by atoms with Crippen molar-refractivity contribution in [1.29, 1.82) is 0 Å². The van der Waals surface area contributed by atoms with Crippen LogP contribution in [0, 0.1) is 18.6 Å². The van der Waals surface area contributed by atoms with Crippen molar-refractivity contribution in [3.05, 3.63) is 83.7 Å². The van der Waals surface area contributed by atoms with E-state index in [0.717, 1.165) is 52.1 Å². The Morgan fingerprint density at radius 3 is 2.66 bits per heavy atom.